The number of aliphatic hydroxyl groups is 1. The highest BCUT2D eigenvalue weighted by molar-refractivity contribution is 5.90. The zero-order valence-corrected chi connectivity index (χ0v) is 10.2. The molecule has 2 amide bonds. The van der Waals surface area contributed by atoms with Gasteiger partial charge in [-0.05, 0) is 25.0 Å². The van der Waals surface area contributed by atoms with Crippen LogP contribution in [0.2, 0.25) is 0 Å². The molecular weight excluding hydrogens is 250 g/mol. The first-order valence-corrected chi connectivity index (χ1v) is 5.99. The van der Waals surface area contributed by atoms with Gasteiger partial charge < -0.3 is 20.4 Å². The summed E-state index contributed by atoms with van der Waals surface area (Å²) in [5.74, 6) is -1.11. The molecule has 102 valence electrons. The Morgan fingerprint density at radius 3 is 2.63 bits per heavy atom. The van der Waals surface area contributed by atoms with Crippen LogP contribution in [0.25, 0.3) is 0 Å². The third-order valence-electron chi connectivity index (χ3n) is 2.82. The van der Waals surface area contributed by atoms with Crippen molar-refractivity contribution in [2.75, 3.05) is 18.5 Å². The molecule has 0 spiro atoms. The van der Waals surface area contributed by atoms with Gasteiger partial charge in [0.05, 0.1) is 18.5 Å². The molecule has 0 saturated heterocycles. The van der Waals surface area contributed by atoms with Crippen molar-refractivity contribution in [1.82, 2.24) is 9.88 Å². The highest BCUT2D eigenvalue weighted by Gasteiger charge is 2.32. The smallest absolute Gasteiger partial charge is 0.354 e. The number of carboxylic acids is 1. The molecule has 1 heterocycles. The van der Waals surface area contributed by atoms with Crippen LogP contribution in [0.3, 0.4) is 0 Å². The first-order valence-electron chi connectivity index (χ1n) is 5.99. The third-order valence-corrected chi connectivity index (χ3v) is 2.82. The van der Waals surface area contributed by atoms with Crippen LogP contribution in [0.5, 0.6) is 0 Å². The van der Waals surface area contributed by atoms with E-state index in [9.17, 15) is 9.59 Å². The number of carbonyl (C=O) groups is 2. The molecule has 1 saturated carbocycles. The predicted molar refractivity (Wildman–Crippen MR) is 67.0 cm³/mol. The molecule has 7 nitrogen and oxygen atoms in total. The van der Waals surface area contributed by atoms with Crippen LogP contribution in [0.4, 0.5) is 10.5 Å². The molecule has 1 aromatic rings. The molecule has 0 radical (unpaired) electrons. The minimum absolute atomic E-state index is 0.0765. The third kappa shape index (κ3) is 3.41. The number of aromatic carboxylic acids is 1. The quantitative estimate of drug-likeness (QED) is 0.729. The number of hydrogen-bond acceptors (Lipinski definition) is 4. The number of nitrogens with zero attached hydrogens (tertiary/aromatic N) is 2. The van der Waals surface area contributed by atoms with Crippen LogP contribution in [-0.2, 0) is 0 Å². The van der Waals surface area contributed by atoms with Crippen LogP contribution < -0.4 is 5.32 Å². The number of carboxylic acid groups (broad SMARTS) is 1. The summed E-state index contributed by atoms with van der Waals surface area (Å²) in [5, 5.41) is 20.3. The molecule has 1 fully saturated rings. The lowest BCUT2D eigenvalue weighted by Gasteiger charge is -2.21. The SMILES string of the molecule is O=C(O)c1ccc(NC(=O)N(CCO)C2CC2)cn1. The van der Waals surface area contributed by atoms with Gasteiger partial charge in [0.15, 0.2) is 0 Å². The van der Waals surface area contributed by atoms with Crippen molar-refractivity contribution in [1.29, 1.82) is 0 Å². The van der Waals surface area contributed by atoms with Crippen molar-refractivity contribution in [2.45, 2.75) is 18.9 Å². The first-order chi connectivity index (χ1) is 9.11. The molecule has 0 aliphatic heterocycles. The Bertz CT molecular complexity index is 470. The van der Waals surface area contributed by atoms with Gasteiger partial charge in [-0.1, -0.05) is 0 Å². The second-order valence-corrected chi connectivity index (χ2v) is 4.32. The van der Waals surface area contributed by atoms with Gasteiger partial charge in [-0.3, -0.25) is 0 Å². The molecule has 2 rings (SSSR count). The van der Waals surface area contributed by atoms with E-state index in [1.165, 1.54) is 18.3 Å². The lowest BCUT2D eigenvalue weighted by molar-refractivity contribution is 0.0690. The number of pyridine rings is 1. The minimum Gasteiger partial charge on any atom is -0.477 e. The largest absolute Gasteiger partial charge is 0.477 e. The van der Waals surface area contributed by atoms with Crippen LogP contribution in [-0.4, -0.2) is 51.3 Å². The molecule has 1 aromatic heterocycles. The molecule has 0 bridgehead atoms. The molecule has 0 aromatic carbocycles. The zero-order chi connectivity index (χ0) is 13.8. The standard InChI is InChI=1S/C12H15N3O4/c16-6-5-15(9-2-3-9)12(19)14-8-1-4-10(11(17)18)13-7-8/h1,4,7,9,16H,2-3,5-6H2,(H,14,19)(H,17,18). The first kappa shape index (κ1) is 13.3. The van der Waals surface area contributed by atoms with Crippen LogP contribution in [0.15, 0.2) is 18.3 Å². The summed E-state index contributed by atoms with van der Waals surface area (Å²) >= 11 is 0. The number of aromatic nitrogens is 1. The van der Waals surface area contributed by atoms with Crippen LogP contribution in [0, 0.1) is 0 Å². The molecule has 0 atom stereocenters. The Morgan fingerprint density at radius 1 is 1.42 bits per heavy atom. The zero-order valence-electron chi connectivity index (χ0n) is 10.2. The fourth-order valence-electron chi connectivity index (χ4n) is 1.73. The maximum Gasteiger partial charge on any atom is 0.354 e. The molecule has 1 aliphatic carbocycles. The number of aliphatic hydroxyl groups excluding tert-OH is 1. The predicted octanol–water partition coefficient (Wildman–Crippen LogP) is 0.768. The molecule has 3 N–H and O–H groups in total. The van der Waals surface area contributed by atoms with E-state index in [0.717, 1.165) is 12.8 Å². The molecule has 7 heteroatoms. The van der Waals surface area contributed by atoms with E-state index in [0.29, 0.717) is 5.69 Å². The number of nitrogens with one attached hydrogen (secondary N) is 1. The Hall–Kier alpha value is -2.15. The van der Waals surface area contributed by atoms with Crippen LogP contribution in [0.1, 0.15) is 23.3 Å². The van der Waals surface area contributed by atoms with Gasteiger partial charge in [0.2, 0.25) is 0 Å². The number of rotatable bonds is 5. The summed E-state index contributed by atoms with van der Waals surface area (Å²) in [5.41, 5.74) is 0.353. The number of hydrogen-bond donors (Lipinski definition) is 3. The Balaban J connectivity index is 1.99. The van der Waals surface area contributed by atoms with Crippen molar-refractivity contribution < 1.29 is 19.8 Å². The van der Waals surface area contributed by atoms with E-state index in [1.807, 2.05) is 0 Å². The van der Waals surface area contributed by atoms with E-state index in [-0.39, 0.29) is 30.9 Å². The van der Waals surface area contributed by atoms with Crippen molar-refractivity contribution >= 4 is 17.7 Å². The molecular formula is C12H15N3O4. The normalized spacial score (nSPS) is 13.9. The number of anilines is 1. The molecule has 1 aliphatic rings. The van der Waals surface area contributed by atoms with Gasteiger partial charge in [0.1, 0.15) is 5.69 Å². The van der Waals surface area contributed by atoms with E-state index < -0.39 is 5.97 Å². The van der Waals surface area contributed by atoms with Gasteiger partial charge in [0, 0.05) is 12.6 Å². The maximum absolute atomic E-state index is 12.0. The average molecular weight is 265 g/mol. The Labute approximate surface area is 109 Å². The maximum atomic E-state index is 12.0. The van der Waals surface area contributed by atoms with Gasteiger partial charge in [-0.25, -0.2) is 14.6 Å². The van der Waals surface area contributed by atoms with E-state index in [2.05, 4.69) is 10.3 Å². The van der Waals surface area contributed by atoms with Crippen molar-refractivity contribution in [3.63, 3.8) is 0 Å². The van der Waals surface area contributed by atoms with E-state index >= 15 is 0 Å². The Kier molecular flexibility index (Phi) is 3.96. The minimum atomic E-state index is -1.11. The van der Waals surface area contributed by atoms with Crippen molar-refractivity contribution in [3.05, 3.63) is 24.0 Å². The molecule has 19 heavy (non-hydrogen) atoms. The van der Waals surface area contributed by atoms with Gasteiger partial charge in [0.25, 0.3) is 0 Å². The average Bonchev–Trinajstić information content (AvgIpc) is 3.20. The lowest BCUT2D eigenvalue weighted by atomic mass is 10.3. The van der Waals surface area contributed by atoms with E-state index in [4.69, 9.17) is 10.2 Å². The second-order valence-electron chi connectivity index (χ2n) is 4.32. The topological polar surface area (TPSA) is 103 Å². The van der Waals surface area contributed by atoms with Crippen LogP contribution >= 0.6 is 0 Å². The summed E-state index contributed by atoms with van der Waals surface area (Å²) in [6.07, 6.45) is 3.19. The summed E-state index contributed by atoms with van der Waals surface area (Å²) < 4.78 is 0. The summed E-state index contributed by atoms with van der Waals surface area (Å²) in [6, 6.07) is 2.70. The van der Waals surface area contributed by atoms with Gasteiger partial charge in [-0.2, -0.15) is 0 Å². The lowest BCUT2D eigenvalue weighted by Crippen LogP contribution is -2.38. The van der Waals surface area contributed by atoms with Gasteiger partial charge >= 0.3 is 12.0 Å². The second kappa shape index (κ2) is 5.66. The fraction of sp³-hybridized carbons (Fsp3) is 0.417. The number of carbonyl (C=O) groups excluding carboxylic acids is 1. The molecule has 0 unspecified atom stereocenters. The van der Waals surface area contributed by atoms with E-state index in [1.54, 1.807) is 4.90 Å². The fourth-order valence-corrected chi connectivity index (χ4v) is 1.73. The monoisotopic (exact) mass is 265 g/mol. The summed E-state index contributed by atoms with van der Waals surface area (Å²) in [6.45, 7) is 0.206. The summed E-state index contributed by atoms with van der Waals surface area (Å²) in [4.78, 5) is 27.9. The van der Waals surface area contributed by atoms with Gasteiger partial charge in [-0.15, -0.1) is 0 Å². The summed E-state index contributed by atoms with van der Waals surface area (Å²) in [7, 11) is 0. The van der Waals surface area contributed by atoms with Crippen molar-refractivity contribution in [2.24, 2.45) is 0 Å². The number of urea groups is 1. The number of amides is 2. The Morgan fingerprint density at radius 2 is 2.16 bits per heavy atom. The highest BCUT2D eigenvalue weighted by Crippen LogP contribution is 2.27. The highest BCUT2D eigenvalue weighted by atomic mass is 16.4. The van der Waals surface area contributed by atoms with Crippen molar-refractivity contribution in [3.8, 4) is 0 Å².